The second-order valence-electron chi connectivity index (χ2n) is 8.85. The maximum Gasteiger partial charge on any atom is 0.432 e. The second kappa shape index (κ2) is 14.8. The molecule has 0 fully saturated rings. The Balaban J connectivity index is 2.28. The first kappa shape index (κ1) is 29.6. The fourth-order valence-electron chi connectivity index (χ4n) is 4.21. The molecular weight excluding hydrogens is 473 g/mol. The highest BCUT2D eigenvalue weighted by atomic mass is 19.4. The first-order chi connectivity index (χ1) is 17.3. The third-order valence-electron chi connectivity index (χ3n) is 6.26. The van der Waals surface area contributed by atoms with Gasteiger partial charge in [-0.25, -0.2) is 4.79 Å². The largest absolute Gasteiger partial charge is 0.458 e. The summed E-state index contributed by atoms with van der Waals surface area (Å²) < 4.78 is 58.7. The van der Waals surface area contributed by atoms with Crippen LogP contribution >= 0.6 is 0 Å². The molecule has 0 aromatic heterocycles. The summed E-state index contributed by atoms with van der Waals surface area (Å²) in [5.74, 6) is -2.04. The Morgan fingerprint density at radius 1 is 1.03 bits per heavy atom. The monoisotopic (exact) mass is 510 g/mol. The smallest absolute Gasteiger partial charge is 0.432 e. The molecule has 1 heterocycles. The average Bonchev–Trinajstić information content (AvgIpc) is 2.84. The van der Waals surface area contributed by atoms with Gasteiger partial charge in [0, 0.05) is 25.5 Å². The molecule has 0 bridgehead atoms. The van der Waals surface area contributed by atoms with Crippen molar-refractivity contribution >= 4 is 11.9 Å². The first-order valence-electron chi connectivity index (χ1n) is 12.6. The number of cyclic esters (lactones) is 1. The zero-order valence-corrected chi connectivity index (χ0v) is 21.1. The van der Waals surface area contributed by atoms with E-state index in [2.05, 4.69) is 12.2 Å². The molecule has 0 aliphatic carbocycles. The van der Waals surface area contributed by atoms with Crippen molar-refractivity contribution in [3.05, 3.63) is 60.2 Å². The molecule has 3 atom stereocenters. The van der Waals surface area contributed by atoms with Gasteiger partial charge in [0.1, 0.15) is 12.2 Å². The number of carbonyl (C=O) groups is 2. The lowest BCUT2D eigenvalue weighted by atomic mass is 9.92. The summed E-state index contributed by atoms with van der Waals surface area (Å²) in [6.45, 7) is 1.67. The fourth-order valence-corrected chi connectivity index (χ4v) is 4.21. The molecule has 200 valence electrons. The maximum absolute atomic E-state index is 14.3. The number of carbonyl (C=O) groups excluding carboxylic acids is 2. The number of ether oxygens (including phenoxy) is 3. The van der Waals surface area contributed by atoms with Crippen LogP contribution in [-0.2, 0) is 29.4 Å². The van der Waals surface area contributed by atoms with E-state index in [9.17, 15) is 22.8 Å². The summed E-state index contributed by atoms with van der Waals surface area (Å²) >= 11 is 0. The summed E-state index contributed by atoms with van der Waals surface area (Å²) in [6, 6.07) is 6.66. The summed E-state index contributed by atoms with van der Waals surface area (Å²) in [4.78, 5) is 25.7. The molecule has 1 aromatic carbocycles. The zero-order valence-electron chi connectivity index (χ0n) is 21.1. The van der Waals surface area contributed by atoms with E-state index in [1.807, 2.05) is 6.08 Å². The Morgan fingerprint density at radius 3 is 2.36 bits per heavy atom. The number of benzene rings is 1. The lowest BCUT2D eigenvalue weighted by Gasteiger charge is -2.35. The van der Waals surface area contributed by atoms with Gasteiger partial charge < -0.3 is 14.2 Å². The Bertz CT molecular complexity index is 866. The highest BCUT2D eigenvalue weighted by Gasteiger charge is 2.64. The molecule has 0 spiro atoms. The average molecular weight is 511 g/mol. The molecular formula is C28H37F3O5. The van der Waals surface area contributed by atoms with E-state index in [4.69, 9.17) is 14.2 Å². The van der Waals surface area contributed by atoms with Crippen LogP contribution in [-0.4, -0.2) is 37.4 Å². The van der Waals surface area contributed by atoms with Crippen LogP contribution in [0.3, 0.4) is 0 Å². The van der Waals surface area contributed by atoms with E-state index in [1.165, 1.54) is 24.3 Å². The van der Waals surface area contributed by atoms with Gasteiger partial charge in [-0.2, -0.15) is 13.2 Å². The molecule has 36 heavy (non-hydrogen) atoms. The fraction of sp³-hybridized carbons (Fsp3) is 0.571. The van der Waals surface area contributed by atoms with E-state index < -0.39 is 35.9 Å². The molecule has 0 radical (unpaired) electrons. The van der Waals surface area contributed by atoms with Crippen molar-refractivity contribution in [2.45, 2.75) is 95.1 Å². The molecule has 0 N–H and O–H groups in total. The minimum absolute atomic E-state index is 0.157. The molecule has 1 aliphatic heterocycles. The Kier molecular flexibility index (Phi) is 12.2. The van der Waals surface area contributed by atoms with E-state index in [1.54, 1.807) is 19.1 Å². The van der Waals surface area contributed by atoms with Gasteiger partial charge in [-0.05, 0) is 32.1 Å². The van der Waals surface area contributed by atoms with Gasteiger partial charge in [0.2, 0.25) is 0 Å². The Hall–Kier alpha value is -2.61. The van der Waals surface area contributed by atoms with Crippen LogP contribution in [0, 0.1) is 0 Å². The van der Waals surface area contributed by atoms with Crippen LogP contribution in [0.2, 0.25) is 0 Å². The zero-order chi connectivity index (χ0) is 26.4. The number of halogens is 3. The van der Waals surface area contributed by atoms with E-state index >= 15 is 0 Å². The number of rotatable bonds is 6. The van der Waals surface area contributed by atoms with Crippen LogP contribution in [0.4, 0.5) is 13.2 Å². The second-order valence-corrected chi connectivity index (χ2v) is 8.85. The van der Waals surface area contributed by atoms with Gasteiger partial charge >= 0.3 is 18.1 Å². The first-order valence-corrected chi connectivity index (χ1v) is 12.6. The summed E-state index contributed by atoms with van der Waals surface area (Å²) in [6.07, 6.45) is 7.87. The van der Waals surface area contributed by atoms with Crippen molar-refractivity contribution in [2.24, 2.45) is 0 Å². The molecule has 5 nitrogen and oxygen atoms in total. The molecule has 1 aromatic rings. The summed E-state index contributed by atoms with van der Waals surface area (Å²) in [7, 11) is 0.825. The van der Waals surface area contributed by atoms with Crippen LogP contribution in [0.5, 0.6) is 0 Å². The van der Waals surface area contributed by atoms with Crippen molar-refractivity contribution in [1.29, 1.82) is 0 Å². The standard InChI is InChI=1S/C28H37F3O5/c1-3-23(36-26(33)27(34-2,28(29,30)31)22-18-14-13-15-19-22)24-20-16-11-9-7-5-4-6-8-10-12-17-21-25(32)35-24/h5,7,11,13-16,18-19,23-24H,3-4,6,8-10,12,17,20-21H2,1-2H3/b7-5-,16-11-/t23-,24-,27+/m0/s1. The SMILES string of the molecule is CC[C@H](OC(=O)[C@](OC)(c1ccccc1)C(F)(F)F)[C@@H]1C/C=C\C/C=C\CCCCCCCC(=O)O1. The molecule has 0 amide bonds. The van der Waals surface area contributed by atoms with Crippen molar-refractivity contribution in [3.63, 3.8) is 0 Å². The van der Waals surface area contributed by atoms with Crippen molar-refractivity contribution in [1.82, 2.24) is 0 Å². The van der Waals surface area contributed by atoms with E-state index in [-0.39, 0.29) is 24.8 Å². The number of methoxy groups -OCH3 is 1. The molecule has 8 heteroatoms. The van der Waals surface area contributed by atoms with Gasteiger partial charge in [0.15, 0.2) is 0 Å². The lowest BCUT2D eigenvalue weighted by Crippen LogP contribution is -2.53. The molecule has 0 saturated carbocycles. The molecule has 0 saturated heterocycles. The number of alkyl halides is 3. The molecule has 0 unspecified atom stereocenters. The highest BCUT2D eigenvalue weighted by Crippen LogP contribution is 2.43. The minimum Gasteiger partial charge on any atom is -0.458 e. The predicted molar refractivity (Wildman–Crippen MR) is 131 cm³/mol. The van der Waals surface area contributed by atoms with Crippen molar-refractivity contribution < 1.29 is 37.0 Å². The third-order valence-corrected chi connectivity index (χ3v) is 6.26. The van der Waals surface area contributed by atoms with E-state index in [0.29, 0.717) is 12.8 Å². The topological polar surface area (TPSA) is 61.8 Å². The highest BCUT2D eigenvalue weighted by molar-refractivity contribution is 5.83. The van der Waals surface area contributed by atoms with Crippen LogP contribution in [0.15, 0.2) is 54.6 Å². The van der Waals surface area contributed by atoms with Gasteiger partial charge in [-0.15, -0.1) is 0 Å². The maximum atomic E-state index is 14.3. The van der Waals surface area contributed by atoms with Gasteiger partial charge in [0.25, 0.3) is 5.60 Å². The Labute approximate surface area is 211 Å². The quantitative estimate of drug-likeness (QED) is 0.306. The number of esters is 2. The number of hydrogen-bond acceptors (Lipinski definition) is 5. The summed E-state index contributed by atoms with van der Waals surface area (Å²) in [5, 5.41) is 0. The van der Waals surface area contributed by atoms with Gasteiger partial charge in [-0.3, -0.25) is 4.79 Å². The molecule has 1 aliphatic rings. The number of allylic oxidation sites excluding steroid dienone is 3. The van der Waals surface area contributed by atoms with E-state index in [0.717, 1.165) is 39.2 Å². The van der Waals surface area contributed by atoms with Crippen LogP contribution in [0.1, 0.15) is 76.7 Å². The minimum atomic E-state index is -5.08. The van der Waals surface area contributed by atoms with Crippen molar-refractivity contribution in [3.8, 4) is 0 Å². The van der Waals surface area contributed by atoms with Gasteiger partial charge in [-0.1, -0.05) is 80.8 Å². The van der Waals surface area contributed by atoms with Crippen LogP contribution in [0.25, 0.3) is 0 Å². The molecule has 2 rings (SSSR count). The summed E-state index contributed by atoms with van der Waals surface area (Å²) in [5.41, 5.74) is -3.69. The van der Waals surface area contributed by atoms with Crippen molar-refractivity contribution in [2.75, 3.05) is 7.11 Å². The predicted octanol–water partition coefficient (Wildman–Crippen LogP) is 6.96. The normalized spacial score (nSPS) is 23.0. The van der Waals surface area contributed by atoms with Gasteiger partial charge in [0.05, 0.1) is 0 Å². The van der Waals surface area contributed by atoms with Crippen LogP contribution < -0.4 is 0 Å². The lowest BCUT2D eigenvalue weighted by molar-refractivity contribution is -0.279. The third kappa shape index (κ3) is 8.22. The Morgan fingerprint density at radius 2 is 1.69 bits per heavy atom. The number of hydrogen-bond donors (Lipinski definition) is 0.